The zero-order valence-electron chi connectivity index (χ0n) is 22.7. The summed E-state index contributed by atoms with van der Waals surface area (Å²) in [5.41, 5.74) is 5.20. The molecule has 7 heteroatoms. The van der Waals surface area contributed by atoms with Gasteiger partial charge in [0.25, 0.3) is 5.91 Å². The number of anilines is 1. The maximum Gasteiger partial charge on any atom is 0.266 e. The number of benzene rings is 2. The van der Waals surface area contributed by atoms with Crippen molar-refractivity contribution in [3.05, 3.63) is 64.6 Å². The van der Waals surface area contributed by atoms with Crippen molar-refractivity contribution < 1.29 is 14.3 Å². The second-order valence-electron chi connectivity index (χ2n) is 9.89. The van der Waals surface area contributed by atoms with E-state index in [2.05, 4.69) is 50.8 Å². The van der Waals surface area contributed by atoms with E-state index in [1.165, 1.54) is 28.6 Å². The lowest BCUT2D eigenvalue weighted by Crippen LogP contribution is -2.45. The Labute approximate surface area is 225 Å². The highest BCUT2D eigenvalue weighted by molar-refractivity contribution is 8.18. The minimum absolute atomic E-state index is 0.0448. The molecule has 0 unspecified atom stereocenters. The SMILES string of the molecule is CCCN1c2cc(OC)c(/C=C3/SC(=Nc4ccccc4)N(CCCOC)C3=O)cc2C(C)=CC1(C)C. The molecule has 2 aliphatic rings. The van der Waals surface area contributed by atoms with E-state index in [1.807, 2.05) is 36.4 Å². The summed E-state index contributed by atoms with van der Waals surface area (Å²) >= 11 is 1.41. The Balaban J connectivity index is 1.75. The van der Waals surface area contributed by atoms with Crippen LogP contribution < -0.4 is 9.64 Å². The molecule has 2 aliphatic heterocycles. The summed E-state index contributed by atoms with van der Waals surface area (Å²) in [5.74, 6) is 0.710. The van der Waals surface area contributed by atoms with Gasteiger partial charge in [0.2, 0.25) is 0 Å². The fourth-order valence-corrected chi connectivity index (χ4v) is 5.97. The van der Waals surface area contributed by atoms with Crippen molar-refractivity contribution >= 4 is 45.9 Å². The molecular weight excluding hydrogens is 482 g/mol. The maximum atomic E-state index is 13.5. The summed E-state index contributed by atoms with van der Waals surface area (Å²) in [6.45, 7) is 10.9. The molecule has 0 atom stereocenters. The molecule has 0 aliphatic carbocycles. The summed E-state index contributed by atoms with van der Waals surface area (Å²) in [4.78, 5) is 23.1. The Morgan fingerprint density at radius 3 is 2.54 bits per heavy atom. The number of allylic oxidation sites excluding steroid dienone is 1. The smallest absolute Gasteiger partial charge is 0.266 e. The van der Waals surface area contributed by atoms with Gasteiger partial charge in [-0.05, 0) is 75.2 Å². The molecule has 1 amide bonds. The van der Waals surface area contributed by atoms with Gasteiger partial charge in [0.05, 0.1) is 23.2 Å². The molecular formula is C30H37N3O3S. The minimum Gasteiger partial charge on any atom is -0.496 e. The number of amidine groups is 1. The quantitative estimate of drug-likeness (QED) is 0.271. The van der Waals surface area contributed by atoms with Crippen LogP contribution in [0.2, 0.25) is 0 Å². The molecule has 6 nitrogen and oxygen atoms in total. The number of aliphatic imine (C=N–C) groups is 1. The van der Waals surface area contributed by atoms with Gasteiger partial charge in [-0.3, -0.25) is 9.69 Å². The Bertz CT molecular complexity index is 1230. The first kappa shape index (κ1) is 27.0. The molecule has 0 spiro atoms. The van der Waals surface area contributed by atoms with Crippen LogP contribution >= 0.6 is 11.8 Å². The monoisotopic (exact) mass is 519 g/mol. The van der Waals surface area contributed by atoms with Gasteiger partial charge in [0, 0.05) is 49.7 Å². The van der Waals surface area contributed by atoms with Crippen LogP contribution in [0.1, 0.15) is 51.7 Å². The highest BCUT2D eigenvalue weighted by atomic mass is 32.2. The zero-order valence-corrected chi connectivity index (χ0v) is 23.5. The number of amides is 1. The number of fused-ring (bicyclic) bond motifs is 1. The molecule has 0 bridgehead atoms. The number of ether oxygens (including phenoxy) is 2. The number of hydrogen-bond donors (Lipinski definition) is 0. The second-order valence-corrected chi connectivity index (χ2v) is 10.9. The van der Waals surface area contributed by atoms with Crippen molar-refractivity contribution in [2.75, 3.05) is 38.8 Å². The van der Waals surface area contributed by atoms with Crippen LogP contribution in [0.25, 0.3) is 11.6 Å². The predicted octanol–water partition coefficient (Wildman–Crippen LogP) is 6.75. The Morgan fingerprint density at radius 2 is 1.86 bits per heavy atom. The molecule has 0 saturated carbocycles. The third-order valence-corrected chi connectivity index (χ3v) is 7.67. The van der Waals surface area contributed by atoms with Crippen LogP contribution in [0.5, 0.6) is 5.75 Å². The van der Waals surface area contributed by atoms with Gasteiger partial charge in [-0.25, -0.2) is 4.99 Å². The molecule has 0 radical (unpaired) electrons. The van der Waals surface area contributed by atoms with Crippen LogP contribution in [0.3, 0.4) is 0 Å². The first-order valence-corrected chi connectivity index (χ1v) is 13.6. The summed E-state index contributed by atoms with van der Waals surface area (Å²) in [5, 5.41) is 0.683. The number of thioether (sulfide) groups is 1. The van der Waals surface area contributed by atoms with E-state index >= 15 is 0 Å². The van der Waals surface area contributed by atoms with Crippen molar-refractivity contribution in [2.45, 2.75) is 46.1 Å². The molecule has 0 aromatic heterocycles. The molecule has 4 rings (SSSR count). The largest absolute Gasteiger partial charge is 0.496 e. The Hall–Kier alpha value is -3.03. The topological polar surface area (TPSA) is 54.4 Å². The lowest BCUT2D eigenvalue weighted by molar-refractivity contribution is -0.122. The van der Waals surface area contributed by atoms with Crippen molar-refractivity contribution in [1.29, 1.82) is 0 Å². The summed E-state index contributed by atoms with van der Waals surface area (Å²) in [7, 11) is 3.36. The van der Waals surface area contributed by atoms with Crippen LogP contribution in [-0.4, -0.2) is 55.4 Å². The molecule has 2 aromatic carbocycles. The number of rotatable bonds is 9. The van der Waals surface area contributed by atoms with Gasteiger partial charge < -0.3 is 14.4 Å². The highest BCUT2D eigenvalue weighted by Gasteiger charge is 2.35. The van der Waals surface area contributed by atoms with E-state index in [-0.39, 0.29) is 11.4 Å². The van der Waals surface area contributed by atoms with Crippen molar-refractivity contribution in [2.24, 2.45) is 4.99 Å². The van der Waals surface area contributed by atoms with Gasteiger partial charge in [-0.15, -0.1) is 0 Å². The molecule has 2 aromatic rings. The van der Waals surface area contributed by atoms with Gasteiger partial charge >= 0.3 is 0 Å². The molecule has 0 N–H and O–H groups in total. The maximum absolute atomic E-state index is 13.5. The average Bonchev–Trinajstić information content (AvgIpc) is 3.15. The number of carbonyl (C=O) groups is 1. The van der Waals surface area contributed by atoms with E-state index in [4.69, 9.17) is 14.5 Å². The molecule has 1 fully saturated rings. The predicted molar refractivity (Wildman–Crippen MR) is 156 cm³/mol. The van der Waals surface area contributed by atoms with Crippen molar-refractivity contribution in [3.63, 3.8) is 0 Å². The summed E-state index contributed by atoms with van der Waals surface area (Å²) in [6, 6.07) is 14.0. The standard InChI is InChI=1S/C30H37N3O3S/c1-7-14-33-25-19-26(36-6)22(17-24(25)21(2)20-30(33,3)4)18-27-28(34)32(15-11-16-35-5)29(37-27)31-23-12-9-8-10-13-23/h8-10,12-13,17-20H,7,11,14-16H2,1-6H3/b27-18+,31-29?. The summed E-state index contributed by atoms with van der Waals surface area (Å²) < 4.78 is 11.1. The van der Waals surface area contributed by atoms with Crippen molar-refractivity contribution in [1.82, 2.24) is 4.90 Å². The Morgan fingerprint density at radius 1 is 1.11 bits per heavy atom. The third-order valence-electron chi connectivity index (χ3n) is 6.66. The van der Waals surface area contributed by atoms with E-state index in [0.717, 1.165) is 36.4 Å². The van der Waals surface area contributed by atoms with E-state index in [9.17, 15) is 4.79 Å². The average molecular weight is 520 g/mol. The number of methoxy groups -OCH3 is 2. The molecule has 37 heavy (non-hydrogen) atoms. The minimum atomic E-state index is -0.0825. The third kappa shape index (κ3) is 5.78. The summed E-state index contributed by atoms with van der Waals surface area (Å²) in [6.07, 6.45) is 6.06. The zero-order chi connectivity index (χ0) is 26.6. The van der Waals surface area contributed by atoms with Crippen LogP contribution in [-0.2, 0) is 9.53 Å². The van der Waals surface area contributed by atoms with E-state index in [1.54, 1.807) is 19.1 Å². The normalized spacial score (nSPS) is 19.0. The number of carbonyl (C=O) groups excluding carboxylic acids is 1. The highest BCUT2D eigenvalue weighted by Crippen LogP contribution is 2.44. The fourth-order valence-electron chi connectivity index (χ4n) is 4.95. The van der Waals surface area contributed by atoms with Gasteiger partial charge in [-0.1, -0.05) is 31.2 Å². The number of para-hydroxylation sites is 1. The van der Waals surface area contributed by atoms with E-state index < -0.39 is 0 Å². The Kier molecular flexibility index (Phi) is 8.45. The molecule has 2 heterocycles. The first-order valence-electron chi connectivity index (χ1n) is 12.8. The number of nitrogens with zero attached hydrogens (tertiary/aromatic N) is 3. The first-order chi connectivity index (χ1) is 17.8. The fraction of sp³-hybridized carbons (Fsp3) is 0.400. The van der Waals surface area contributed by atoms with E-state index in [0.29, 0.717) is 23.2 Å². The van der Waals surface area contributed by atoms with Gasteiger partial charge in [-0.2, -0.15) is 0 Å². The molecule has 1 saturated heterocycles. The lowest BCUT2D eigenvalue weighted by atomic mass is 9.87. The molecule has 196 valence electrons. The van der Waals surface area contributed by atoms with Crippen molar-refractivity contribution in [3.8, 4) is 5.75 Å². The lowest BCUT2D eigenvalue weighted by Gasteiger charge is -2.43. The van der Waals surface area contributed by atoms with Crippen LogP contribution in [0.15, 0.2) is 58.4 Å². The second kappa shape index (κ2) is 11.6. The van der Waals surface area contributed by atoms with Gasteiger partial charge in [0.1, 0.15) is 5.75 Å². The van der Waals surface area contributed by atoms with Crippen LogP contribution in [0.4, 0.5) is 11.4 Å². The van der Waals surface area contributed by atoms with Gasteiger partial charge in [0.15, 0.2) is 5.17 Å². The van der Waals surface area contributed by atoms with Crippen LogP contribution in [0, 0.1) is 0 Å². The number of hydrogen-bond acceptors (Lipinski definition) is 6.